The fourth-order valence-electron chi connectivity index (χ4n) is 2.97. The molecule has 3 aromatic carbocycles. The van der Waals surface area contributed by atoms with E-state index in [9.17, 15) is 24.5 Å². The fourth-order valence-corrected chi connectivity index (χ4v) is 3.23. The summed E-state index contributed by atoms with van der Waals surface area (Å²) >= 11 is 6.03. The molecule has 33 heavy (non-hydrogen) atoms. The number of esters is 1. The minimum absolute atomic E-state index is 0.0131. The van der Waals surface area contributed by atoms with Crippen molar-refractivity contribution in [2.24, 2.45) is 0 Å². The summed E-state index contributed by atoms with van der Waals surface area (Å²) in [5, 5.41) is 16.1. The maximum absolute atomic E-state index is 13.0. The van der Waals surface area contributed by atoms with Crippen molar-refractivity contribution >= 4 is 46.4 Å². The highest BCUT2D eigenvalue weighted by atomic mass is 35.5. The number of anilines is 2. The van der Waals surface area contributed by atoms with Crippen LogP contribution in [0.3, 0.4) is 0 Å². The monoisotopic (exact) mass is 467 g/mol. The molecule has 0 spiro atoms. The molecule has 0 unspecified atom stereocenters. The van der Waals surface area contributed by atoms with Crippen LogP contribution in [-0.4, -0.2) is 29.8 Å². The number of nitrogens with one attached hydrogen (secondary N) is 2. The lowest BCUT2D eigenvalue weighted by Gasteiger charge is -2.14. The zero-order chi connectivity index (χ0) is 24.1. The number of benzene rings is 3. The van der Waals surface area contributed by atoms with Crippen LogP contribution in [0.5, 0.6) is 0 Å². The topological polar surface area (TPSA) is 128 Å². The number of carbonyl (C=O) groups excluding carboxylic acids is 3. The van der Waals surface area contributed by atoms with Crippen molar-refractivity contribution in [3.05, 3.63) is 98.1 Å². The summed E-state index contributed by atoms with van der Waals surface area (Å²) in [5.41, 5.74) is 1.52. The number of rotatable bonds is 6. The average molecular weight is 468 g/mol. The van der Waals surface area contributed by atoms with Crippen molar-refractivity contribution < 1.29 is 24.0 Å². The molecule has 0 saturated carbocycles. The van der Waals surface area contributed by atoms with Crippen LogP contribution < -0.4 is 10.6 Å². The van der Waals surface area contributed by atoms with Gasteiger partial charge in [-0.15, -0.1) is 0 Å². The number of amides is 2. The molecule has 0 heterocycles. The summed E-state index contributed by atoms with van der Waals surface area (Å²) in [6.45, 7) is 1.76. The molecular weight excluding hydrogens is 450 g/mol. The molecule has 2 N–H and O–H groups in total. The first-order chi connectivity index (χ1) is 15.7. The van der Waals surface area contributed by atoms with Gasteiger partial charge in [0.05, 0.1) is 39.4 Å². The second-order valence-corrected chi connectivity index (χ2v) is 7.30. The van der Waals surface area contributed by atoms with Crippen molar-refractivity contribution in [1.29, 1.82) is 0 Å². The molecule has 0 saturated heterocycles. The molecular formula is C23H18ClN3O6. The van der Waals surface area contributed by atoms with Crippen LogP contribution in [0.1, 0.15) is 36.6 Å². The standard InChI is InChI=1S/C23H18ClN3O6/c1-13-7-8-14(23(30)33-2)11-20(13)26-22(29)17-5-3-4-6-19(17)25-21(28)16-10-9-15(27(31)32)12-18(16)24/h3-12H,1-2H3,(H,25,28)(H,26,29). The number of hydrogen-bond acceptors (Lipinski definition) is 6. The van der Waals surface area contributed by atoms with Gasteiger partial charge in [0.15, 0.2) is 0 Å². The third-order valence-corrected chi connectivity index (χ3v) is 5.05. The normalized spacial score (nSPS) is 10.3. The molecule has 0 radical (unpaired) electrons. The number of nitro groups is 1. The summed E-state index contributed by atoms with van der Waals surface area (Å²) in [6.07, 6.45) is 0. The zero-order valence-corrected chi connectivity index (χ0v) is 18.3. The summed E-state index contributed by atoms with van der Waals surface area (Å²) in [6, 6.07) is 14.5. The van der Waals surface area contributed by atoms with E-state index in [4.69, 9.17) is 16.3 Å². The molecule has 9 nitrogen and oxygen atoms in total. The molecule has 0 aliphatic carbocycles. The Labute approximate surface area is 193 Å². The van der Waals surface area contributed by atoms with Gasteiger partial charge in [-0.25, -0.2) is 4.79 Å². The van der Waals surface area contributed by atoms with Gasteiger partial charge in [0.2, 0.25) is 0 Å². The highest BCUT2D eigenvalue weighted by molar-refractivity contribution is 6.34. The summed E-state index contributed by atoms with van der Waals surface area (Å²) in [7, 11) is 1.26. The van der Waals surface area contributed by atoms with Crippen molar-refractivity contribution in [3.8, 4) is 0 Å². The van der Waals surface area contributed by atoms with Gasteiger partial charge in [0, 0.05) is 17.8 Å². The highest BCUT2D eigenvalue weighted by Gasteiger charge is 2.19. The van der Waals surface area contributed by atoms with Gasteiger partial charge < -0.3 is 15.4 Å². The van der Waals surface area contributed by atoms with E-state index in [1.807, 2.05) is 0 Å². The molecule has 3 rings (SSSR count). The number of aryl methyl sites for hydroxylation is 1. The summed E-state index contributed by atoms with van der Waals surface area (Å²) in [5.74, 6) is -1.71. The third-order valence-electron chi connectivity index (χ3n) is 4.73. The second-order valence-electron chi connectivity index (χ2n) is 6.90. The van der Waals surface area contributed by atoms with Crippen molar-refractivity contribution in [3.63, 3.8) is 0 Å². The Balaban J connectivity index is 1.85. The molecule has 0 aromatic heterocycles. The van der Waals surface area contributed by atoms with E-state index in [0.717, 1.165) is 17.7 Å². The van der Waals surface area contributed by atoms with Gasteiger partial charge in [-0.05, 0) is 42.8 Å². The molecule has 168 valence electrons. The second kappa shape index (κ2) is 9.92. The number of hydrogen-bond donors (Lipinski definition) is 2. The number of nitro benzene ring substituents is 1. The Kier molecular flexibility index (Phi) is 7.04. The van der Waals surface area contributed by atoms with E-state index >= 15 is 0 Å². The molecule has 0 bridgehead atoms. The van der Waals surface area contributed by atoms with Crippen LogP contribution >= 0.6 is 11.6 Å². The lowest BCUT2D eigenvalue weighted by Crippen LogP contribution is -2.19. The number of para-hydroxylation sites is 1. The van der Waals surface area contributed by atoms with Crippen molar-refractivity contribution in [2.75, 3.05) is 17.7 Å². The van der Waals surface area contributed by atoms with E-state index in [2.05, 4.69) is 10.6 Å². The minimum Gasteiger partial charge on any atom is -0.465 e. The maximum atomic E-state index is 13.0. The predicted octanol–water partition coefficient (Wildman–Crippen LogP) is 4.85. The molecule has 0 aliphatic rings. The molecule has 2 amide bonds. The van der Waals surface area contributed by atoms with Crippen LogP contribution in [0.2, 0.25) is 5.02 Å². The Bertz CT molecular complexity index is 1270. The predicted molar refractivity (Wildman–Crippen MR) is 123 cm³/mol. The minimum atomic E-state index is -0.640. The first-order valence-corrected chi connectivity index (χ1v) is 9.93. The molecule has 3 aromatic rings. The average Bonchev–Trinajstić information content (AvgIpc) is 2.80. The first kappa shape index (κ1) is 23.4. The largest absolute Gasteiger partial charge is 0.465 e. The highest BCUT2D eigenvalue weighted by Crippen LogP contribution is 2.25. The number of ether oxygens (including phenoxy) is 1. The van der Waals surface area contributed by atoms with E-state index < -0.39 is 22.7 Å². The van der Waals surface area contributed by atoms with Crippen LogP contribution in [0.15, 0.2) is 60.7 Å². The Morgan fingerprint density at radius 2 is 1.58 bits per heavy atom. The van der Waals surface area contributed by atoms with Crippen molar-refractivity contribution in [2.45, 2.75) is 6.92 Å². The molecule has 0 aliphatic heterocycles. The first-order valence-electron chi connectivity index (χ1n) is 9.56. The van der Waals surface area contributed by atoms with Gasteiger partial charge in [0.1, 0.15) is 0 Å². The summed E-state index contributed by atoms with van der Waals surface area (Å²) < 4.78 is 4.71. The van der Waals surface area contributed by atoms with E-state index in [0.29, 0.717) is 5.69 Å². The zero-order valence-electron chi connectivity index (χ0n) is 17.5. The lowest BCUT2D eigenvalue weighted by molar-refractivity contribution is -0.384. The number of methoxy groups -OCH3 is 1. The fraction of sp³-hybridized carbons (Fsp3) is 0.0870. The van der Waals surface area contributed by atoms with Gasteiger partial charge in [-0.3, -0.25) is 19.7 Å². The number of nitrogens with zero attached hydrogens (tertiary/aromatic N) is 1. The van der Waals surface area contributed by atoms with Crippen LogP contribution in [0, 0.1) is 17.0 Å². The Hall–Kier alpha value is -4.24. The van der Waals surface area contributed by atoms with E-state index in [1.165, 1.54) is 31.4 Å². The lowest BCUT2D eigenvalue weighted by atomic mass is 10.1. The van der Waals surface area contributed by atoms with Gasteiger partial charge in [-0.2, -0.15) is 0 Å². The van der Waals surface area contributed by atoms with Gasteiger partial charge in [-0.1, -0.05) is 29.8 Å². The smallest absolute Gasteiger partial charge is 0.337 e. The Morgan fingerprint density at radius 3 is 2.24 bits per heavy atom. The van der Waals surface area contributed by atoms with Crippen molar-refractivity contribution in [1.82, 2.24) is 0 Å². The van der Waals surface area contributed by atoms with Gasteiger partial charge >= 0.3 is 5.97 Å². The van der Waals surface area contributed by atoms with Gasteiger partial charge in [0.25, 0.3) is 17.5 Å². The third kappa shape index (κ3) is 5.34. The quantitative estimate of drug-likeness (QED) is 0.303. The molecule has 10 heteroatoms. The van der Waals surface area contributed by atoms with E-state index in [-0.39, 0.29) is 33.1 Å². The summed E-state index contributed by atoms with van der Waals surface area (Å²) in [4.78, 5) is 47.7. The number of non-ortho nitro benzene ring substituents is 1. The van der Waals surface area contributed by atoms with E-state index in [1.54, 1.807) is 31.2 Å². The SMILES string of the molecule is COC(=O)c1ccc(C)c(NC(=O)c2ccccc2NC(=O)c2ccc([N+](=O)[O-])cc2Cl)c1. The Morgan fingerprint density at radius 1 is 0.909 bits per heavy atom. The molecule has 0 atom stereocenters. The number of carbonyl (C=O) groups is 3. The van der Waals surface area contributed by atoms with Crippen LogP contribution in [0.4, 0.5) is 17.1 Å². The number of halogens is 1. The van der Waals surface area contributed by atoms with Crippen LogP contribution in [0.25, 0.3) is 0 Å². The van der Waals surface area contributed by atoms with Crippen LogP contribution in [-0.2, 0) is 4.74 Å². The maximum Gasteiger partial charge on any atom is 0.337 e. The molecule has 0 fully saturated rings.